The molecule has 1 heterocycles. The first-order chi connectivity index (χ1) is 14.7. The van der Waals surface area contributed by atoms with Gasteiger partial charge >= 0.3 is 6.18 Å². The summed E-state index contributed by atoms with van der Waals surface area (Å²) >= 11 is 5.90. The average molecular weight is 455 g/mol. The molecular weight excluding hydrogens is 437 g/mol. The van der Waals surface area contributed by atoms with Gasteiger partial charge in [0, 0.05) is 18.9 Å². The van der Waals surface area contributed by atoms with E-state index in [0.29, 0.717) is 22.8 Å². The Morgan fingerprint density at radius 3 is 2.61 bits per heavy atom. The van der Waals surface area contributed by atoms with E-state index in [-0.39, 0.29) is 29.4 Å². The number of aromatic nitrogens is 1. The molecule has 164 valence electrons. The van der Waals surface area contributed by atoms with Gasteiger partial charge in [0.25, 0.3) is 0 Å². The standard InChI is InChI=1S/C21H18ClF3N2O4/c1-29-13-4-5-14(17(10-13)30-2)18-11-26-20(31-18)8-7-19(28)27-16-9-12(21(23,24)25)3-6-15(16)22/h3-6,9-11H,7-8H2,1-2H3,(H,27,28). The van der Waals surface area contributed by atoms with Gasteiger partial charge in [-0.15, -0.1) is 0 Å². The van der Waals surface area contributed by atoms with Gasteiger partial charge in [0.15, 0.2) is 11.7 Å². The Morgan fingerprint density at radius 2 is 1.94 bits per heavy atom. The fraction of sp³-hybridized carbons (Fsp3) is 0.238. The molecule has 0 unspecified atom stereocenters. The first-order valence-corrected chi connectivity index (χ1v) is 9.42. The molecule has 6 nitrogen and oxygen atoms in total. The van der Waals surface area contributed by atoms with E-state index in [2.05, 4.69) is 10.3 Å². The molecule has 0 aliphatic rings. The van der Waals surface area contributed by atoms with Crippen molar-refractivity contribution in [3.8, 4) is 22.8 Å². The number of amides is 1. The van der Waals surface area contributed by atoms with Crippen molar-refractivity contribution in [2.75, 3.05) is 19.5 Å². The molecule has 0 spiro atoms. The highest BCUT2D eigenvalue weighted by Crippen LogP contribution is 2.35. The molecular formula is C21H18ClF3N2O4. The lowest BCUT2D eigenvalue weighted by Crippen LogP contribution is -2.14. The minimum absolute atomic E-state index is 0.00589. The van der Waals surface area contributed by atoms with Gasteiger partial charge < -0.3 is 19.2 Å². The number of ether oxygens (including phenoxy) is 2. The van der Waals surface area contributed by atoms with Crippen molar-refractivity contribution >= 4 is 23.2 Å². The Kier molecular flexibility index (Phi) is 6.74. The summed E-state index contributed by atoms with van der Waals surface area (Å²) in [7, 11) is 3.05. The van der Waals surface area contributed by atoms with Crippen LogP contribution in [-0.4, -0.2) is 25.1 Å². The van der Waals surface area contributed by atoms with E-state index in [1.807, 2.05) is 0 Å². The zero-order chi connectivity index (χ0) is 22.6. The van der Waals surface area contributed by atoms with Crippen LogP contribution < -0.4 is 14.8 Å². The summed E-state index contributed by atoms with van der Waals surface area (Å²) < 4.78 is 54.7. The minimum Gasteiger partial charge on any atom is -0.497 e. The van der Waals surface area contributed by atoms with Crippen molar-refractivity contribution < 1.29 is 31.9 Å². The molecule has 0 saturated carbocycles. The van der Waals surface area contributed by atoms with Crippen LogP contribution in [0.2, 0.25) is 5.02 Å². The molecule has 3 aromatic rings. The monoisotopic (exact) mass is 454 g/mol. The summed E-state index contributed by atoms with van der Waals surface area (Å²) in [5, 5.41) is 2.39. The number of methoxy groups -OCH3 is 2. The maximum Gasteiger partial charge on any atom is 0.416 e. The third-order valence-electron chi connectivity index (χ3n) is 4.36. The molecule has 0 fully saturated rings. The van der Waals surface area contributed by atoms with Crippen LogP contribution in [0, 0.1) is 0 Å². The van der Waals surface area contributed by atoms with Crippen molar-refractivity contribution in [2.45, 2.75) is 19.0 Å². The first-order valence-electron chi connectivity index (χ1n) is 9.05. The Bertz CT molecular complexity index is 1080. The molecule has 0 aliphatic heterocycles. The lowest BCUT2D eigenvalue weighted by Gasteiger charge is -2.11. The normalized spacial score (nSPS) is 11.3. The smallest absolute Gasteiger partial charge is 0.416 e. The number of alkyl halides is 3. The molecule has 2 aromatic carbocycles. The van der Waals surface area contributed by atoms with Crippen LogP contribution in [0.4, 0.5) is 18.9 Å². The summed E-state index contributed by atoms with van der Waals surface area (Å²) in [6.45, 7) is 0. The van der Waals surface area contributed by atoms with E-state index in [1.165, 1.54) is 13.3 Å². The second-order valence-corrected chi connectivity index (χ2v) is 6.83. The number of halogens is 4. The average Bonchev–Trinajstić information content (AvgIpc) is 3.21. The van der Waals surface area contributed by atoms with Crippen LogP contribution in [0.1, 0.15) is 17.9 Å². The predicted octanol–water partition coefficient (Wildman–Crippen LogP) is 5.60. The number of hydrogen-bond acceptors (Lipinski definition) is 5. The second kappa shape index (κ2) is 9.30. The quantitative estimate of drug-likeness (QED) is 0.503. The second-order valence-electron chi connectivity index (χ2n) is 6.43. The molecule has 1 N–H and O–H groups in total. The maximum atomic E-state index is 12.9. The Balaban J connectivity index is 1.66. The van der Waals surface area contributed by atoms with Gasteiger partial charge in [-0.3, -0.25) is 4.79 Å². The number of carbonyl (C=O) groups excluding carboxylic acids is 1. The fourth-order valence-corrected chi connectivity index (χ4v) is 2.95. The number of hydrogen-bond donors (Lipinski definition) is 1. The van der Waals surface area contributed by atoms with Gasteiger partial charge in [0.2, 0.25) is 5.91 Å². The molecule has 10 heteroatoms. The number of aryl methyl sites for hydroxylation is 1. The zero-order valence-corrected chi connectivity index (χ0v) is 17.3. The molecule has 0 saturated heterocycles. The van der Waals surface area contributed by atoms with E-state index in [4.69, 9.17) is 25.5 Å². The van der Waals surface area contributed by atoms with Gasteiger partial charge in [0.05, 0.1) is 42.3 Å². The van der Waals surface area contributed by atoms with Crippen molar-refractivity contribution in [2.24, 2.45) is 0 Å². The van der Waals surface area contributed by atoms with Crippen LogP contribution >= 0.6 is 11.6 Å². The molecule has 3 rings (SSSR count). The van der Waals surface area contributed by atoms with Gasteiger partial charge in [-0.1, -0.05) is 11.6 Å². The highest BCUT2D eigenvalue weighted by Gasteiger charge is 2.31. The van der Waals surface area contributed by atoms with Gasteiger partial charge in [-0.05, 0) is 30.3 Å². The molecule has 0 atom stereocenters. The third kappa shape index (κ3) is 5.49. The van der Waals surface area contributed by atoms with Crippen LogP contribution in [0.5, 0.6) is 11.5 Å². The summed E-state index contributed by atoms with van der Waals surface area (Å²) in [5.41, 5.74) is -0.363. The van der Waals surface area contributed by atoms with Crippen molar-refractivity contribution in [1.29, 1.82) is 0 Å². The summed E-state index contributed by atoms with van der Waals surface area (Å²) in [5.74, 6) is 1.35. The molecule has 0 radical (unpaired) electrons. The highest BCUT2D eigenvalue weighted by molar-refractivity contribution is 6.33. The van der Waals surface area contributed by atoms with Crippen LogP contribution in [0.15, 0.2) is 47.0 Å². The topological polar surface area (TPSA) is 73.6 Å². The van der Waals surface area contributed by atoms with Gasteiger partial charge in [-0.2, -0.15) is 13.2 Å². The Hall–Kier alpha value is -3.20. The largest absolute Gasteiger partial charge is 0.497 e. The molecule has 31 heavy (non-hydrogen) atoms. The predicted molar refractivity (Wildman–Crippen MR) is 108 cm³/mol. The summed E-state index contributed by atoms with van der Waals surface area (Å²) in [4.78, 5) is 16.3. The van der Waals surface area contributed by atoms with E-state index >= 15 is 0 Å². The summed E-state index contributed by atoms with van der Waals surface area (Å²) in [6, 6.07) is 7.92. The van der Waals surface area contributed by atoms with E-state index in [1.54, 1.807) is 25.3 Å². The van der Waals surface area contributed by atoms with Crippen molar-refractivity contribution in [1.82, 2.24) is 4.98 Å². The maximum absolute atomic E-state index is 12.9. The minimum atomic E-state index is -4.54. The first kappa shape index (κ1) is 22.5. The third-order valence-corrected chi connectivity index (χ3v) is 4.69. The Morgan fingerprint density at radius 1 is 1.16 bits per heavy atom. The van der Waals surface area contributed by atoms with Gasteiger partial charge in [0.1, 0.15) is 11.5 Å². The van der Waals surface area contributed by atoms with Crippen LogP contribution in [-0.2, 0) is 17.4 Å². The number of nitrogens with one attached hydrogen (secondary N) is 1. The lowest BCUT2D eigenvalue weighted by molar-refractivity contribution is -0.137. The summed E-state index contributed by atoms with van der Waals surface area (Å²) in [6.07, 6.45) is -2.96. The van der Waals surface area contributed by atoms with Crippen molar-refractivity contribution in [3.05, 3.63) is 59.1 Å². The Labute approximate surface area is 180 Å². The molecule has 1 amide bonds. The number of rotatable bonds is 7. The van der Waals surface area contributed by atoms with E-state index < -0.39 is 17.6 Å². The number of oxazole rings is 1. The number of anilines is 1. The highest BCUT2D eigenvalue weighted by atomic mass is 35.5. The van der Waals surface area contributed by atoms with E-state index in [9.17, 15) is 18.0 Å². The number of carbonyl (C=O) groups is 1. The SMILES string of the molecule is COc1ccc(-c2cnc(CCC(=O)Nc3cc(C(F)(F)F)ccc3Cl)o2)c(OC)c1. The fourth-order valence-electron chi connectivity index (χ4n) is 2.78. The van der Waals surface area contributed by atoms with Gasteiger partial charge in [-0.25, -0.2) is 4.98 Å². The zero-order valence-electron chi connectivity index (χ0n) is 16.5. The lowest BCUT2D eigenvalue weighted by atomic mass is 10.1. The molecule has 0 bridgehead atoms. The van der Waals surface area contributed by atoms with Crippen molar-refractivity contribution in [3.63, 3.8) is 0 Å². The molecule has 1 aromatic heterocycles. The molecule has 0 aliphatic carbocycles. The number of nitrogens with zero attached hydrogens (tertiary/aromatic N) is 1. The van der Waals surface area contributed by atoms with Crippen LogP contribution in [0.3, 0.4) is 0 Å². The number of benzene rings is 2. The van der Waals surface area contributed by atoms with E-state index in [0.717, 1.165) is 18.2 Å². The van der Waals surface area contributed by atoms with Crippen LogP contribution in [0.25, 0.3) is 11.3 Å².